The highest BCUT2D eigenvalue weighted by molar-refractivity contribution is 5.85. The van der Waals surface area contributed by atoms with Crippen molar-refractivity contribution in [1.82, 2.24) is 0 Å². The Morgan fingerprint density at radius 3 is 2.61 bits per heavy atom. The molecule has 4 saturated heterocycles. The third kappa shape index (κ3) is 3.88. The summed E-state index contributed by atoms with van der Waals surface area (Å²) in [6.07, 6.45) is 11.5. The molecule has 1 spiro atoms. The van der Waals surface area contributed by atoms with Gasteiger partial charge in [0.25, 0.3) is 0 Å². The Morgan fingerprint density at radius 1 is 1.02 bits per heavy atom. The van der Waals surface area contributed by atoms with Crippen LogP contribution >= 0.6 is 0 Å². The van der Waals surface area contributed by atoms with Crippen molar-refractivity contribution in [3.8, 4) is 0 Å². The van der Waals surface area contributed by atoms with E-state index in [9.17, 15) is 24.9 Å². The number of likely N-dealkylation sites (N-methyl/N-ethyl adjacent to an activating group) is 1. The average Bonchev–Trinajstić information content (AvgIpc) is 3.83. The number of anilines is 1. The molecule has 9 fully saturated rings. The summed E-state index contributed by atoms with van der Waals surface area (Å²) < 4.78 is 12.3. The van der Waals surface area contributed by atoms with Gasteiger partial charge in [0, 0.05) is 48.9 Å². The number of esters is 2. The van der Waals surface area contributed by atoms with Crippen LogP contribution in [-0.4, -0.2) is 94.1 Å². The number of aliphatic hydroxyl groups excluding tert-OH is 2. The van der Waals surface area contributed by atoms with E-state index in [2.05, 4.69) is 57.0 Å². The van der Waals surface area contributed by atoms with Crippen LogP contribution in [0.15, 0.2) is 35.9 Å². The van der Waals surface area contributed by atoms with E-state index in [0.29, 0.717) is 22.9 Å². The van der Waals surface area contributed by atoms with Gasteiger partial charge in [-0.05, 0) is 116 Å². The number of carbonyl (C=O) groups excluding carboxylic acids is 2. The summed E-state index contributed by atoms with van der Waals surface area (Å²) >= 11 is 0. The van der Waals surface area contributed by atoms with Gasteiger partial charge in [-0.15, -0.1) is 0 Å². The molecule has 0 radical (unpaired) electrons. The Bertz CT molecular complexity index is 1830. The number of piperidine rings is 4. The van der Waals surface area contributed by atoms with E-state index in [1.807, 2.05) is 0 Å². The predicted molar refractivity (Wildman–Crippen MR) is 201 cm³/mol. The minimum atomic E-state index is -0.739. The lowest BCUT2D eigenvalue weighted by atomic mass is 9.43. The summed E-state index contributed by atoms with van der Waals surface area (Å²) in [5.74, 6) is 1.32. The van der Waals surface area contributed by atoms with Crippen molar-refractivity contribution in [2.75, 3.05) is 25.1 Å². The molecule has 11 aliphatic rings. The van der Waals surface area contributed by atoms with Crippen molar-refractivity contribution in [2.24, 2.45) is 52.3 Å². The quantitative estimate of drug-likeness (QED) is 0.278. The molecule has 0 aromatic heterocycles. The van der Waals surface area contributed by atoms with E-state index in [4.69, 9.17) is 9.47 Å². The SMILES string of the molecule is CCC1[C@@H]2CC3C4N(C)c5ccccc5C45C[C@@H](C2C5O)[N+]3(CC(=O)OC2CC[C@@]3(C)C(CCC4C3CC[C@]3(C)C(C5=CC(=O)OC5)CCC43O)C2)[C@@H]1O. The van der Waals surface area contributed by atoms with Gasteiger partial charge in [0.15, 0.2) is 12.8 Å². The topological polar surface area (TPSA) is 117 Å². The van der Waals surface area contributed by atoms with Crippen LogP contribution in [0, 0.1) is 52.3 Å². The molecule has 1 aromatic rings. The molecule has 5 saturated carbocycles. The number of rotatable bonds is 5. The Balaban J connectivity index is 0.829. The molecule has 1 aromatic carbocycles. The van der Waals surface area contributed by atoms with E-state index < -0.39 is 17.9 Å². The molecule has 18 atom stereocenters. The van der Waals surface area contributed by atoms with Crippen LogP contribution in [-0.2, 0) is 24.5 Å². The predicted octanol–water partition coefficient (Wildman–Crippen LogP) is 5.24. The number of aliphatic hydroxyl groups is 3. The maximum absolute atomic E-state index is 14.5. The fourth-order valence-electron chi connectivity index (χ4n) is 17.6. The molecule has 5 bridgehead atoms. The van der Waals surface area contributed by atoms with Crippen molar-refractivity contribution in [1.29, 1.82) is 0 Å². The molecule has 5 aliphatic carbocycles. The Hall–Kier alpha value is -2.46. The number of carbonyl (C=O) groups is 2. The fourth-order valence-corrected chi connectivity index (χ4v) is 17.6. The first-order valence-electron chi connectivity index (χ1n) is 21.7. The third-order valence-corrected chi connectivity index (χ3v) is 19.8. The standard InChI is InChI=1S/C45H61N2O7/c1-5-27-28-20-34-39-44(32-8-6-7-9-33(32)46(39)4)21-35(38(28)40(44)50)47(34,41(27)51)22-37(49)54-26-12-15-42(2)25(19-26)10-11-31-30(42)13-16-43(3)29(14-17-45(31,43)52)24-18-36(48)53-23-24/h6-9,18,25-31,34-35,38-41,50-52H,5,10-17,19-23H2,1-4H3/q+1/t25?,26?,27?,28-,29?,30?,31?,34?,35-,38?,39?,40?,41+,42-,43+,44?,45?,47?/m0/s1. The van der Waals surface area contributed by atoms with Gasteiger partial charge in [0.2, 0.25) is 0 Å². The minimum absolute atomic E-state index is 0.0370. The number of quaternary nitrogens is 1. The molecule has 54 heavy (non-hydrogen) atoms. The molecule has 12 rings (SSSR count). The van der Waals surface area contributed by atoms with E-state index in [0.717, 1.165) is 82.6 Å². The van der Waals surface area contributed by atoms with E-state index >= 15 is 0 Å². The number of ether oxygens (including phenoxy) is 2. The van der Waals surface area contributed by atoms with Gasteiger partial charge >= 0.3 is 11.9 Å². The van der Waals surface area contributed by atoms with E-state index in [1.54, 1.807) is 6.08 Å². The monoisotopic (exact) mass is 741 g/mol. The summed E-state index contributed by atoms with van der Waals surface area (Å²) in [5.41, 5.74) is 2.28. The summed E-state index contributed by atoms with van der Waals surface area (Å²) in [7, 11) is 2.17. The van der Waals surface area contributed by atoms with Gasteiger partial charge in [-0.25, -0.2) is 9.59 Å². The van der Waals surface area contributed by atoms with Gasteiger partial charge < -0.3 is 29.7 Å². The zero-order valence-corrected chi connectivity index (χ0v) is 32.7. The number of benzene rings is 1. The highest BCUT2D eigenvalue weighted by atomic mass is 16.5. The van der Waals surface area contributed by atoms with Crippen LogP contribution in [0.3, 0.4) is 0 Å². The van der Waals surface area contributed by atoms with E-state index in [1.165, 1.54) is 11.3 Å². The fraction of sp³-hybridized carbons (Fsp3) is 0.778. The second-order valence-electron chi connectivity index (χ2n) is 20.7. The largest absolute Gasteiger partial charge is 0.458 e. The van der Waals surface area contributed by atoms with Gasteiger partial charge in [-0.1, -0.05) is 39.0 Å². The average molecular weight is 742 g/mol. The third-order valence-electron chi connectivity index (χ3n) is 19.8. The lowest BCUT2D eigenvalue weighted by Crippen LogP contribution is -2.83. The minimum Gasteiger partial charge on any atom is -0.458 e. The van der Waals surface area contributed by atoms with Gasteiger partial charge in [0.05, 0.1) is 29.2 Å². The van der Waals surface area contributed by atoms with Crippen molar-refractivity contribution in [3.63, 3.8) is 0 Å². The molecule has 6 aliphatic heterocycles. The normalized spacial score (nSPS) is 54.4. The van der Waals surface area contributed by atoms with Crippen LogP contribution in [0.5, 0.6) is 0 Å². The maximum Gasteiger partial charge on any atom is 0.362 e. The Kier molecular flexibility index (Phi) is 7.17. The zero-order chi connectivity index (χ0) is 37.3. The maximum atomic E-state index is 14.5. The van der Waals surface area contributed by atoms with Gasteiger partial charge in [-0.2, -0.15) is 0 Å². The van der Waals surface area contributed by atoms with Crippen LogP contribution in [0.4, 0.5) is 5.69 Å². The number of para-hydroxylation sites is 1. The van der Waals surface area contributed by atoms with Crippen LogP contribution in [0.2, 0.25) is 0 Å². The first-order valence-corrected chi connectivity index (χ1v) is 21.7. The Morgan fingerprint density at radius 2 is 1.83 bits per heavy atom. The molecule has 3 N–H and O–H groups in total. The number of fused-ring (bicyclic) bond motifs is 7. The summed E-state index contributed by atoms with van der Waals surface area (Å²) in [5, 5.41) is 37.5. The molecule has 292 valence electrons. The first kappa shape index (κ1) is 34.8. The summed E-state index contributed by atoms with van der Waals surface area (Å²) in [6.45, 7) is 7.48. The lowest BCUT2D eigenvalue weighted by molar-refractivity contribution is -1.03. The molecule has 6 heterocycles. The van der Waals surface area contributed by atoms with Crippen LogP contribution in [0.1, 0.15) is 103 Å². The van der Waals surface area contributed by atoms with Crippen LogP contribution < -0.4 is 4.90 Å². The summed E-state index contributed by atoms with van der Waals surface area (Å²) in [6, 6.07) is 8.74. The van der Waals surface area contributed by atoms with Crippen molar-refractivity contribution < 1.29 is 38.9 Å². The highest BCUT2D eigenvalue weighted by Crippen LogP contribution is 2.73. The lowest BCUT2D eigenvalue weighted by Gasteiger charge is -2.67. The summed E-state index contributed by atoms with van der Waals surface area (Å²) in [4.78, 5) is 28.8. The molecule has 9 nitrogen and oxygen atoms in total. The number of cyclic esters (lactones) is 1. The number of hydrogen-bond acceptors (Lipinski definition) is 8. The second-order valence-corrected chi connectivity index (χ2v) is 20.7. The number of nitrogens with zero attached hydrogens (tertiary/aromatic N) is 2. The first-order chi connectivity index (χ1) is 25.8. The smallest absolute Gasteiger partial charge is 0.362 e. The highest BCUT2D eigenvalue weighted by Gasteiger charge is 2.83. The molecular formula is C45H61N2O7+. The zero-order valence-electron chi connectivity index (χ0n) is 32.7. The van der Waals surface area contributed by atoms with Crippen molar-refractivity contribution >= 4 is 17.6 Å². The number of hydrogen-bond donors (Lipinski definition) is 3. The Labute approximate surface area is 320 Å². The van der Waals surface area contributed by atoms with Gasteiger partial charge in [0.1, 0.15) is 18.8 Å². The van der Waals surface area contributed by atoms with Crippen molar-refractivity contribution in [2.45, 2.75) is 145 Å². The van der Waals surface area contributed by atoms with Gasteiger partial charge in [-0.3, -0.25) is 4.48 Å². The molecule has 9 heteroatoms. The second kappa shape index (κ2) is 11.1. The molecule has 13 unspecified atom stereocenters. The van der Waals surface area contributed by atoms with E-state index in [-0.39, 0.29) is 88.5 Å². The molecular weight excluding hydrogens is 681 g/mol. The van der Waals surface area contributed by atoms with Crippen LogP contribution in [0.25, 0.3) is 0 Å². The van der Waals surface area contributed by atoms with Crippen molar-refractivity contribution in [3.05, 3.63) is 41.5 Å². The molecule has 0 amide bonds.